The Morgan fingerprint density at radius 2 is 2.05 bits per heavy atom. The number of hydrogen-bond donors (Lipinski definition) is 0. The van der Waals surface area contributed by atoms with E-state index in [4.69, 9.17) is 16.3 Å². The summed E-state index contributed by atoms with van der Waals surface area (Å²) in [4.78, 5) is 19.6. The van der Waals surface area contributed by atoms with Gasteiger partial charge in [-0.3, -0.25) is 4.79 Å². The van der Waals surface area contributed by atoms with Gasteiger partial charge < -0.3 is 4.74 Å². The summed E-state index contributed by atoms with van der Waals surface area (Å²) >= 11 is 6.02. The van der Waals surface area contributed by atoms with Crippen LogP contribution in [0, 0.1) is 6.92 Å². The standard InChI is InChI=1S/C15H15ClN2O2/c1-3-8-20-13-7-5-4-6-11(13)14-12(9-19)15(16)18-10(2)17-14/h4-7,9H,3,8H2,1-2H3. The van der Waals surface area contributed by atoms with Crippen molar-refractivity contribution in [2.45, 2.75) is 20.3 Å². The number of benzene rings is 1. The first-order valence-electron chi connectivity index (χ1n) is 6.39. The normalized spacial score (nSPS) is 10.3. The van der Waals surface area contributed by atoms with Gasteiger partial charge in [0.15, 0.2) is 6.29 Å². The zero-order valence-corrected chi connectivity index (χ0v) is 12.1. The highest BCUT2D eigenvalue weighted by atomic mass is 35.5. The number of aldehydes is 1. The van der Waals surface area contributed by atoms with Crippen molar-refractivity contribution in [3.63, 3.8) is 0 Å². The van der Waals surface area contributed by atoms with Crippen LogP contribution in [-0.4, -0.2) is 22.9 Å². The first kappa shape index (κ1) is 14.5. The number of nitrogens with zero attached hydrogens (tertiary/aromatic N) is 2. The van der Waals surface area contributed by atoms with Crippen molar-refractivity contribution < 1.29 is 9.53 Å². The summed E-state index contributed by atoms with van der Waals surface area (Å²) in [7, 11) is 0. The first-order chi connectivity index (χ1) is 9.67. The molecule has 2 rings (SSSR count). The highest BCUT2D eigenvalue weighted by Gasteiger charge is 2.16. The fraction of sp³-hybridized carbons (Fsp3) is 0.267. The summed E-state index contributed by atoms with van der Waals surface area (Å²) < 4.78 is 5.70. The van der Waals surface area contributed by atoms with Gasteiger partial charge >= 0.3 is 0 Å². The van der Waals surface area contributed by atoms with Crippen LogP contribution in [0.3, 0.4) is 0 Å². The molecule has 5 heteroatoms. The largest absolute Gasteiger partial charge is 0.493 e. The van der Waals surface area contributed by atoms with Gasteiger partial charge in [0, 0.05) is 5.56 Å². The highest BCUT2D eigenvalue weighted by Crippen LogP contribution is 2.32. The number of halogens is 1. The van der Waals surface area contributed by atoms with Crippen molar-refractivity contribution in [1.29, 1.82) is 0 Å². The van der Waals surface area contributed by atoms with E-state index in [0.29, 0.717) is 30.2 Å². The Hall–Kier alpha value is -1.94. The fourth-order valence-electron chi connectivity index (χ4n) is 1.86. The number of hydrogen-bond acceptors (Lipinski definition) is 4. The molecule has 1 heterocycles. The van der Waals surface area contributed by atoms with Gasteiger partial charge in [-0.1, -0.05) is 30.7 Å². The van der Waals surface area contributed by atoms with Gasteiger partial charge in [0.2, 0.25) is 0 Å². The molecular weight excluding hydrogens is 276 g/mol. The minimum Gasteiger partial charge on any atom is -0.493 e. The number of ether oxygens (including phenoxy) is 1. The van der Waals surface area contributed by atoms with Crippen molar-refractivity contribution in [3.05, 3.63) is 40.8 Å². The predicted molar refractivity (Wildman–Crippen MR) is 78.4 cm³/mol. The van der Waals surface area contributed by atoms with Crippen molar-refractivity contribution in [2.75, 3.05) is 6.61 Å². The van der Waals surface area contributed by atoms with Crippen LogP contribution in [0.1, 0.15) is 29.5 Å². The third-order valence-corrected chi connectivity index (χ3v) is 3.02. The maximum atomic E-state index is 11.3. The van der Waals surface area contributed by atoms with E-state index >= 15 is 0 Å². The molecule has 20 heavy (non-hydrogen) atoms. The molecule has 0 saturated heterocycles. The second-order valence-electron chi connectivity index (χ2n) is 4.29. The Kier molecular flexibility index (Phi) is 4.69. The summed E-state index contributed by atoms with van der Waals surface area (Å²) in [6, 6.07) is 7.46. The van der Waals surface area contributed by atoms with Gasteiger partial charge in [-0.15, -0.1) is 0 Å². The molecule has 1 aromatic carbocycles. The van der Waals surface area contributed by atoms with E-state index in [1.54, 1.807) is 6.92 Å². The van der Waals surface area contributed by atoms with Gasteiger partial charge in [-0.05, 0) is 25.5 Å². The molecule has 0 N–H and O–H groups in total. The van der Waals surface area contributed by atoms with Gasteiger partial charge in [-0.25, -0.2) is 9.97 Å². The zero-order valence-electron chi connectivity index (χ0n) is 11.4. The third kappa shape index (κ3) is 2.96. The molecule has 0 spiro atoms. The molecule has 0 atom stereocenters. The minimum absolute atomic E-state index is 0.160. The lowest BCUT2D eigenvalue weighted by Crippen LogP contribution is -2.02. The smallest absolute Gasteiger partial charge is 0.155 e. The van der Waals surface area contributed by atoms with Crippen molar-refractivity contribution in [1.82, 2.24) is 9.97 Å². The molecule has 0 unspecified atom stereocenters. The molecule has 0 aliphatic heterocycles. The van der Waals surface area contributed by atoms with Crippen LogP contribution < -0.4 is 4.74 Å². The number of carbonyl (C=O) groups is 1. The molecule has 0 radical (unpaired) electrons. The van der Waals surface area contributed by atoms with Gasteiger partial charge in [0.05, 0.1) is 17.9 Å². The Morgan fingerprint density at radius 1 is 1.30 bits per heavy atom. The van der Waals surface area contributed by atoms with Gasteiger partial charge in [-0.2, -0.15) is 0 Å². The molecule has 0 bridgehead atoms. The zero-order chi connectivity index (χ0) is 14.5. The number of para-hydroxylation sites is 1. The van der Waals surface area contributed by atoms with Crippen LogP contribution in [0.4, 0.5) is 0 Å². The maximum Gasteiger partial charge on any atom is 0.155 e. The molecular formula is C15H15ClN2O2. The Morgan fingerprint density at radius 3 is 2.75 bits per heavy atom. The van der Waals surface area contributed by atoms with Crippen LogP contribution in [0.15, 0.2) is 24.3 Å². The van der Waals surface area contributed by atoms with Crippen LogP contribution >= 0.6 is 11.6 Å². The molecule has 2 aromatic rings. The molecule has 0 saturated carbocycles. The van der Waals surface area contributed by atoms with Crippen molar-refractivity contribution >= 4 is 17.9 Å². The highest BCUT2D eigenvalue weighted by molar-refractivity contribution is 6.32. The molecule has 104 valence electrons. The van der Waals surface area contributed by atoms with Crippen LogP contribution in [0.25, 0.3) is 11.3 Å². The van der Waals surface area contributed by atoms with E-state index in [-0.39, 0.29) is 10.7 Å². The van der Waals surface area contributed by atoms with Crippen molar-refractivity contribution in [3.8, 4) is 17.0 Å². The number of aromatic nitrogens is 2. The molecule has 0 aliphatic rings. The quantitative estimate of drug-likeness (QED) is 0.622. The lowest BCUT2D eigenvalue weighted by molar-refractivity contribution is 0.112. The van der Waals surface area contributed by atoms with E-state index in [1.165, 1.54) is 0 Å². The summed E-state index contributed by atoms with van der Waals surface area (Å²) in [6.45, 7) is 4.37. The van der Waals surface area contributed by atoms with Crippen LogP contribution in [-0.2, 0) is 0 Å². The lowest BCUT2D eigenvalue weighted by Gasteiger charge is -2.12. The van der Waals surface area contributed by atoms with Crippen LogP contribution in [0.5, 0.6) is 5.75 Å². The van der Waals surface area contributed by atoms with E-state index in [1.807, 2.05) is 31.2 Å². The lowest BCUT2D eigenvalue weighted by atomic mass is 10.1. The number of rotatable bonds is 5. The number of carbonyl (C=O) groups excluding carboxylic acids is 1. The van der Waals surface area contributed by atoms with E-state index in [9.17, 15) is 4.79 Å². The van der Waals surface area contributed by atoms with E-state index in [2.05, 4.69) is 9.97 Å². The second-order valence-corrected chi connectivity index (χ2v) is 4.64. The Labute approximate surface area is 122 Å². The summed E-state index contributed by atoms with van der Waals surface area (Å²) in [5.41, 5.74) is 1.53. The average Bonchev–Trinajstić information content (AvgIpc) is 2.44. The average molecular weight is 291 g/mol. The first-order valence-corrected chi connectivity index (χ1v) is 6.76. The molecule has 0 aliphatic carbocycles. The van der Waals surface area contributed by atoms with E-state index in [0.717, 1.165) is 12.0 Å². The Balaban J connectivity index is 2.59. The Bertz CT molecular complexity index is 629. The van der Waals surface area contributed by atoms with Gasteiger partial charge in [0.25, 0.3) is 0 Å². The predicted octanol–water partition coefficient (Wildman–Crippen LogP) is 3.71. The topological polar surface area (TPSA) is 52.1 Å². The maximum absolute atomic E-state index is 11.3. The summed E-state index contributed by atoms with van der Waals surface area (Å²) in [5.74, 6) is 1.20. The van der Waals surface area contributed by atoms with Gasteiger partial charge in [0.1, 0.15) is 16.7 Å². The SMILES string of the molecule is CCCOc1ccccc1-c1nc(C)nc(Cl)c1C=O. The summed E-state index contributed by atoms with van der Waals surface area (Å²) in [5, 5.41) is 0.160. The molecule has 0 amide bonds. The second kappa shape index (κ2) is 6.48. The minimum atomic E-state index is 0.160. The number of aryl methyl sites for hydroxylation is 1. The van der Waals surface area contributed by atoms with E-state index < -0.39 is 0 Å². The summed E-state index contributed by atoms with van der Waals surface area (Å²) in [6.07, 6.45) is 1.58. The van der Waals surface area contributed by atoms with Crippen LogP contribution in [0.2, 0.25) is 5.15 Å². The molecule has 4 nitrogen and oxygen atoms in total. The molecule has 1 aromatic heterocycles. The molecule has 0 fully saturated rings. The van der Waals surface area contributed by atoms with Crippen molar-refractivity contribution in [2.24, 2.45) is 0 Å². The third-order valence-electron chi connectivity index (χ3n) is 2.73. The fourth-order valence-corrected chi connectivity index (χ4v) is 2.11. The monoisotopic (exact) mass is 290 g/mol.